The predicted octanol–water partition coefficient (Wildman–Crippen LogP) is 1.83. The van der Waals surface area contributed by atoms with Crippen LogP contribution in [0.5, 0.6) is 0 Å². The largest absolute Gasteiger partial charge is 0.384 e. The van der Waals surface area contributed by atoms with Crippen LogP contribution in [0.1, 0.15) is 12.5 Å². The summed E-state index contributed by atoms with van der Waals surface area (Å²) in [6.07, 6.45) is 2.03. The van der Waals surface area contributed by atoms with Gasteiger partial charge >= 0.3 is 0 Å². The highest BCUT2D eigenvalue weighted by molar-refractivity contribution is 7.98. The molecule has 0 aliphatic carbocycles. The zero-order chi connectivity index (χ0) is 13.8. The average molecular weight is 278 g/mol. The number of benzene rings is 1. The Morgan fingerprint density at radius 3 is 2.53 bits per heavy atom. The summed E-state index contributed by atoms with van der Waals surface area (Å²) in [7, 11) is 0. The number of amidine groups is 1. The molecule has 1 aliphatic rings. The third-order valence-electron chi connectivity index (χ3n) is 3.65. The standard InChI is InChI=1S/C14H22N4S/c1-3-17-7-9-18(10-8-17)11-5-4-6-12(19-2)13(11)14(15)16/h4-6H,3,7-10H2,1-2H3,(H3,15,16). The second-order valence-electron chi connectivity index (χ2n) is 4.69. The molecule has 5 heteroatoms. The lowest BCUT2D eigenvalue weighted by Crippen LogP contribution is -2.46. The topological polar surface area (TPSA) is 56.4 Å². The van der Waals surface area contributed by atoms with Gasteiger partial charge in [-0.2, -0.15) is 0 Å². The highest BCUT2D eigenvalue weighted by atomic mass is 32.2. The van der Waals surface area contributed by atoms with Crippen LogP contribution in [-0.2, 0) is 0 Å². The number of nitrogens with zero attached hydrogens (tertiary/aromatic N) is 2. The average Bonchev–Trinajstić information content (AvgIpc) is 2.46. The number of nitrogens with two attached hydrogens (primary N) is 1. The molecule has 2 rings (SSSR count). The summed E-state index contributed by atoms with van der Waals surface area (Å²) in [5.74, 6) is 0.165. The Labute approximate surface area is 119 Å². The van der Waals surface area contributed by atoms with E-state index in [0.717, 1.165) is 48.9 Å². The van der Waals surface area contributed by atoms with Gasteiger partial charge in [0, 0.05) is 36.8 Å². The summed E-state index contributed by atoms with van der Waals surface area (Å²) in [5, 5.41) is 7.84. The van der Waals surface area contributed by atoms with Crippen molar-refractivity contribution in [2.75, 3.05) is 43.9 Å². The van der Waals surface area contributed by atoms with E-state index in [-0.39, 0.29) is 5.84 Å². The number of hydrogen-bond donors (Lipinski definition) is 2. The van der Waals surface area contributed by atoms with E-state index in [1.165, 1.54) is 0 Å². The summed E-state index contributed by atoms with van der Waals surface area (Å²) in [4.78, 5) is 5.88. The number of hydrogen-bond acceptors (Lipinski definition) is 4. The quantitative estimate of drug-likeness (QED) is 0.501. The Balaban J connectivity index is 2.27. The van der Waals surface area contributed by atoms with Crippen LogP contribution in [0.3, 0.4) is 0 Å². The van der Waals surface area contributed by atoms with E-state index in [9.17, 15) is 0 Å². The highest BCUT2D eigenvalue weighted by Crippen LogP contribution is 2.29. The molecule has 0 atom stereocenters. The molecule has 1 aromatic rings. The Kier molecular flexibility index (Phi) is 4.71. The lowest BCUT2D eigenvalue weighted by atomic mass is 10.1. The molecule has 0 amide bonds. The van der Waals surface area contributed by atoms with Crippen molar-refractivity contribution in [1.82, 2.24) is 4.90 Å². The molecule has 0 bridgehead atoms. The van der Waals surface area contributed by atoms with E-state index in [2.05, 4.69) is 28.9 Å². The fraction of sp³-hybridized carbons (Fsp3) is 0.500. The highest BCUT2D eigenvalue weighted by Gasteiger charge is 2.20. The number of nitrogen functional groups attached to an aromatic ring is 1. The van der Waals surface area contributed by atoms with Gasteiger partial charge in [0.2, 0.25) is 0 Å². The van der Waals surface area contributed by atoms with Gasteiger partial charge < -0.3 is 15.5 Å². The normalized spacial score (nSPS) is 16.6. The molecule has 0 saturated carbocycles. The number of nitrogens with one attached hydrogen (secondary N) is 1. The van der Waals surface area contributed by atoms with Crippen LogP contribution in [0.25, 0.3) is 0 Å². The van der Waals surface area contributed by atoms with Gasteiger partial charge in [-0.3, -0.25) is 5.41 Å². The molecule has 0 unspecified atom stereocenters. The molecule has 0 radical (unpaired) electrons. The van der Waals surface area contributed by atoms with Crippen molar-refractivity contribution in [1.29, 1.82) is 5.41 Å². The Bertz CT molecular complexity index is 453. The van der Waals surface area contributed by atoms with Gasteiger partial charge in [0.25, 0.3) is 0 Å². The van der Waals surface area contributed by atoms with Crippen molar-refractivity contribution in [2.24, 2.45) is 5.73 Å². The van der Waals surface area contributed by atoms with E-state index in [1.54, 1.807) is 11.8 Å². The van der Waals surface area contributed by atoms with Gasteiger partial charge in [0.15, 0.2) is 0 Å². The maximum atomic E-state index is 7.84. The van der Waals surface area contributed by atoms with Gasteiger partial charge in [-0.25, -0.2) is 0 Å². The van der Waals surface area contributed by atoms with Crippen molar-refractivity contribution < 1.29 is 0 Å². The van der Waals surface area contributed by atoms with Crippen LogP contribution >= 0.6 is 11.8 Å². The Morgan fingerprint density at radius 1 is 1.32 bits per heavy atom. The summed E-state index contributed by atoms with van der Waals surface area (Å²) in [6.45, 7) is 7.48. The van der Waals surface area contributed by atoms with Gasteiger partial charge in [-0.15, -0.1) is 11.8 Å². The first kappa shape index (κ1) is 14.2. The fourth-order valence-corrected chi connectivity index (χ4v) is 3.16. The zero-order valence-electron chi connectivity index (χ0n) is 11.6. The summed E-state index contributed by atoms with van der Waals surface area (Å²) in [5.41, 5.74) is 7.78. The van der Waals surface area contributed by atoms with E-state index in [4.69, 9.17) is 11.1 Å². The number of rotatable bonds is 4. The minimum absolute atomic E-state index is 0.165. The number of piperazine rings is 1. The SMILES string of the molecule is CCN1CCN(c2cccc(SC)c2C(=N)N)CC1. The molecule has 0 aromatic heterocycles. The van der Waals surface area contributed by atoms with Crippen LogP contribution in [0, 0.1) is 5.41 Å². The molecule has 0 spiro atoms. The number of thioether (sulfide) groups is 1. The molecule has 19 heavy (non-hydrogen) atoms. The molecule has 1 aliphatic heterocycles. The van der Waals surface area contributed by atoms with Crippen molar-refractivity contribution in [3.63, 3.8) is 0 Å². The van der Waals surface area contributed by atoms with E-state index in [1.807, 2.05) is 12.3 Å². The number of likely N-dealkylation sites (N-methyl/N-ethyl adjacent to an activating group) is 1. The van der Waals surface area contributed by atoms with Crippen LogP contribution in [0.15, 0.2) is 23.1 Å². The molecule has 104 valence electrons. The summed E-state index contributed by atoms with van der Waals surface area (Å²) < 4.78 is 0. The Morgan fingerprint density at radius 2 is 2.00 bits per heavy atom. The van der Waals surface area contributed by atoms with Crippen molar-refractivity contribution >= 4 is 23.3 Å². The lowest BCUT2D eigenvalue weighted by molar-refractivity contribution is 0.271. The first-order chi connectivity index (χ1) is 9.17. The summed E-state index contributed by atoms with van der Waals surface area (Å²) >= 11 is 1.65. The second-order valence-corrected chi connectivity index (χ2v) is 5.54. The molecule has 3 N–H and O–H groups in total. The van der Waals surface area contributed by atoms with Crippen LogP contribution in [-0.4, -0.2) is 49.7 Å². The molecule has 4 nitrogen and oxygen atoms in total. The molecular weight excluding hydrogens is 256 g/mol. The third kappa shape index (κ3) is 3.04. The molecule has 1 heterocycles. The monoisotopic (exact) mass is 278 g/mol. The zero-order valence-corrected chi connectivity index (χ0v) is 12.5. The lowest BCUT2D eigenvalue weighted by Gasteiger charge is -2.36. The third-order valence-corrected chi connectivity index (χ3v) is 4.43. The van der Waals surface area contributed by atoms with E-state index >= 15 is 0 Å². The van der Waals surface area contributed by atoms with Crippen LogP contribution < -0.4 is 10.6 Å². The van der Waals surface area contributed by atoms with Gasteiger partial charge in [-0.1, -0.05) is 13.0 Å². The van der Waals surface area contributed by atoms with Gasteiger partial charge in [0.05, 0.1) is 5.56 Å². The van der Waals surface area contributed by atoms with Crippen molar-refractivity contribution in [3.05, 3.63) is 23.8 Å². The van der Waals surface area contributed by atoms with Crippen LogP contribution in [0.2, 0.25) is 0 Å². The molecule has 1 saturated heterocycles. The number of anilines is 1. The molecular formula is C14H22N4S. The smallest absolute Gasteiger partial charge is 0.126 e. The maximum absolute atomic E-state index is 7.84. The van der Waals surface area contributed by atoms with Crippen molar-refractivity contribution in [2.45, 2.75) is 11.8 Å². The second kappa shape index (κ2) is 6.30. The van der Waals surface area contributed by atoms with E-state index < -0.39 is 0 Å². The minimum atomic E-state index is 0.165. The summed E-state index contributed by atoms with van der Waals surface area (Å²) in [6, 6.07) is 6.17. The fourth-order valence-electron chi connectivity index (χ4n) is 2.53. The molecule has 1 fully saturated rings. The van der Waals surface area contributed by atoms with Crippen molar-refractivity contribution in [3.8, 4) is 0 Å². The molecule has 1 aromatic carbocycles. The predicted molar refractivity (Wildman–Crippen MR) is 83.6 cm³/mol. The van der Waals surface area contributed by atoms with Crippen LogP contribution in [0.4, 0.5) is 5.69 Å². The minimum Gasteiger partial charge on any atom is -0.384 e. The first-order valence-corrected chi connectivity index (χ1v) is 7.88. The maximum Gasteiger partial charge on any atom is 0.126 e. The van der Waals surface area contributed by atoms with E-state index in [0.29, 0.717) is 0 Å². The van der Waals surface area contributed by atoms with Gasteiger partial charge in [-0.05, 0) is 24.9 Å². The Hall–Kier alpha value is -1.20. The van der Waals surface area contributed by atoms with Gasteiger partial charge in [0.1, 0.15) is 5.84 Å². The first-order valence-electron chi connectivity index (χ1n) is 6.66.